The summed E-state index contributed by atoms with van der Waals surface area (Å²) in [4.78, 5) is 12.3. The van der Waals surface area contributed by atoms with E-state index in [4.69, 9.17) is 5.11 Å². The van der Waals surface area contributed by atoms with Crippen LogP contribution in [0.5, 0.6) is 0 Å². The molecule has 16 heavy (non-hydrogen) atoms. The summed E-state index contributed by atoms with van der Waals surface area (Å²) < 4.78 is 23.0. The Morgan fingerprint density at radius 3 is 2.75 bits per heavy atom. The van der Waals surface area contributed by atoms with Crippen LogP contribution in [0.3, 0.4) is 0 Å². The third-order valence-electron chi connectivity index (χ3n) is 2.38. The number of hydrogen-bond acceptors (Lipinski definition) is 5. The Morgan fingerprint density at radius 1 is 1.62 bits per heavy atom. The minimum Gasteiger partial charge on any atom is -0.478 e. The first-order valence-electron chi connectivity index (χ1n) is 4.74. The van der Waals surface area contributed by atoms with Gasteiger partial charge in [0.2, 0.25) is 0 Å². The van der Waals surface area contributed by atoms with Crippen molar-refractivity contribution in [3.05, 3.63) is 12.2 Å². The molecule has 0 amide bonds. The lowest BCUT2D eigenvalue weighted by Gasteiger charge is -2.33. The Labute approximate surface area is 99.4 Å². The van der Waals surface area contributed by atoms with Crippen LogP contribution in [0.15, 0.2) is 12.2 Å². The van der Waals surface area contributed by atoms with Crippen molar-refractivity contribution in [3.63, 3.8) is 0 Å². The number of hydrogen-bond donors (Lipinski definition) is 1. The predicted octanol–water partition coefficient (Wildman–Crippen LogP) is 0.0467. The van der Waals surface area contributed by atoms with Gasteiger partial charge in [-0.05, 0) is 0 Å². The summed E-state index contributed by atoms with van der Waals surface area (Å²) in [7, 11) is -3.18. The molecule has 0 aromatic rings. The first-order chi connectivity index (χ1) is 7.32. The quantitative estimate of drug-likeness (QED) is 0.724. The highest BCUT2D eigenvalue weighted by Gasteiger charge is 2.31. The van der Waals surface area contributed by atoms with E-state index in [-0.39, 0.29) is 12.1 Å². The summed E-state index contributed by atoms with van der Waals surface area (Å²) in [5, 5.41) is 8.13. The number of carbonyl (C=O) groups is 1. The van der Waals surface area contributed by atoms with Crippen LogP contribution in [-0.2, 0) is 14.6 Å². The van der Waals surface area contributed by atoms with Gasteiger partial charge in [-0.15, -0.1) is 0 Å². The Balaban J connectivity index is 2.76. The lowest BCUT2D eigenvalue weighted by Crippen LogP contribution is -2.47. The number of carboxylic acids is 1. The molecule has 1 rings (SSSR count). The highest BCUT2D eigenvalue weighted by atomic mass is 32.2. The summed E-state index contributed by atoms with van der Waals surface area (Å²) in [5.41, 5.74) is 0.0283. The number of carboxylic acid groups (broad SMARTS) is 1. The second kappa shape index (κ2) is 5.20. The number of rotatable bonds is 4. The van der Waals surface area contributed by atoms with Crippen molar-refractivity contribution < 1.29 is 18.3 Å². The van der Waals surface area contributed by atoms with Crippen molar-refractivity contribution >= 4 is 27.6 Å². The van der Waals surface area contributed by atoms with Crippen molar-refractivity contribution in [2.24, 2.45) is 0 Å². The maximum Gasteiger partial charge on any atom is 0.332 e. The number of aliphatic carboxylic acids is 1. The van der Waals surface area contributed by atoms with Gasteiger partial charge >= 0.3 is 5.97 Å². The monoisotopic (exact) mass is 265 g/mol. The highest BCUT2D eigenvalue weighted by molar-refractivity contribution is 8.00. The minimum atomic E-state index is -3.18. The van der Waals surface area contributed by atoms with Gasteiger partial charge in [-0.2, -0.15) is 11.8 Å². The van der Waals surface area contributed by atoms with E-state index < -0.39 is 21.2 Å². The number of sulfone groups is 1. The number of thioether (sulfide) groups is 1. The van der Waals surface area contributed by atoms with E-state index in [1.807, 2.05) is 0 Å². The molecule has 1 unspecified atom stereocenters. The van der Waals surface area contributed by atoms with Crippen molar-refractivity contribution in [1.82, 2.24) is 4.90 Å². The van der Waals surface area contributed by atoms with Gasteiger partial charge < -0.3 is 5.11 Å². The fourth-order valence-corrected chi connectivity index (χ4v) is 4.45. The van der Waals surface area contributed by atoms with E-state index in [0.29, 0.717) is 12.3 Å². The van der Waals surface area contributed by atoms with Gasteiger partial charge in [-0.3, -0.25) is 4.90 Å². The summed E-state index contributed by atoms with van der Waals surface area (Å²) in [5.74, 6) is 0.232. The lowest BCUT2D eigenvalue weighted by atomic mass is 10.3. The van der Waals surface area contributed by atoms with E-state index in [1.165, 1.54) is 6.26 Å². The van der Waals surface area contributed by atoms with Crippen LogP contribution in [0.2, 0.25) is 0 Å². The molecule has 0 aromatic carbocycles. The molecule has 1 atom stereocenters. The zero-order chi connectivity index (χ0) is 12.3. The van der Waals surface area contributed by atoms with Gasteiger partial charge in [-0.1, -0.05) is 6.58 Å². The highest BCUT2D eigenvalue weighted by Crippen LogP contribution is 2.20. The van der Waals surface area contributed by atoms with Crippen LogP contribution in [0, 0.1) is 0 Å². The molecule has 1 N–H and O–H groups in total. The Morgan fingerprint density at radius 2 is 2.25 bits per heavy atom. The Bertz CT molecular complexity index is 390. The summed E-state index contributed by atoms with van der Waals surface area (Å²) in [6.07, 6.45) is 1.18. The average Bonchev–Trinajstić information content (AvgIpc) is 2.16. The van der Waals surface area contributed by atoms with Crippen LogP contribution in [0.25, 0.3) is 0 Å². The van der Waals surface area contributed by atoms with Crippen molar-refractivity contribution in [2.45, 2.75) is 5.37 Å². The fourth-order valence-electron chi connectivity index (χ4n) is 1.50. The molecule has 92 valence electrons. The van der Waals surface area contributed by atoms with Gasteiger partial charge in [0.25, 0.3) is 0 Å². The van der Waals surface area contributed by atoms with Crippen molar-refractivity contribution in [3.8, 4) is 0 Å². The molecule has 0 spiro atoms. The molecular formula is C9H15NO4S2. The van der Waals surface area contributed by atoms with Crippen LogP contribution in [-0.4, -0.2) is 60.6 Å². The molecule has 1 fully saturated rings. The van der Waals surface area contributed by atoms with Crippen LogP contribution in [0.1, 0.15) is 0 Å². The molecule has 0 saturated carbocycles. The smallest absolute Gasteiger partial charge is 0.332 e. The Kier molecular flexibility index (Phi) is 4.40. The Hall–Kier alpha value is -0.530. The van der Waals surface area contributed by atoms with Gasteiger partial charge in [0, 0.05) is 36.4 Å². The van der Waals surface area contributed by atoms with Crippen LogP contribution < -0.4 is 0 Å². The lowest BCUT2D eigenvalue weighted by molar-refractivity contribution is -0.132. The molecule has 5 nitrogen and oxygen atoms in total. The first-order valence-corrected chi connectivity index (χ1v) is 7.85. The molecule has 7 heteroatoms. The standard InChI is InChI=1S/C9H15NO4S2/c1-7(9(11)12)5-10-3-4-15-6-8(10)16(2,13)14/h8H,1,3-6H2,2H3,(H,11,12). The van der Waals surface area contributed by atoms with E-state index in [9.17, 15) is 13.2 Å². The fraction of sp³-hybridized carbons (Fsp3) is 0.667. The molecule has 0 radical (unpaired) electrons. The third-order valence-corrected chi connectivity index (χ3v) is 5.07. The molecule has 0 aromatic heterocycles. The topological polar surface area (TPSA) is 74.7 Å². The second-order valence-electron chi connectivity index (χ2n) is 3.74. The first kappa shape index (κ1) is 13.5. The number of nitrogens with zero attached hydrogens (tertiary/aromatic N) is 1. The van der Waals surface area contributed by atoms with Crippen molar-refractivity contribution in [2.75, 3.05) is 30.9 Å². The molecule has 1 aliphatic heterocycles. The summed E-state index contributed by atoms with van der Waals surface area (Å²) in [6, 6.07) is 0. The van der Waals surface area contributed by atoms with Crippen LogP contribution in [0.4, 0.5) is 0 Å². The van der Waals surface area contributed by atoms with Gasteiger partial charge in [0.1, 0.15) is 5.37 Å². The molecule has 0 bridgehead atoms. The third kappa shape index (κ3) is 3.50. The molecule has 1 aliphatic rings. The predicted molar refractivity (Wildman–Crippen MR) is 64.3 cm³/mol. The van der Waals surface area contributed by atoms with Crippen LogP contribution >= 0.6 is 11.8 Å². The van der Waals surface area contributed by atoms with Crippen molar-refractivity contribution in [1.29, 1.82) is 0 Å². The van der Waals surface area contributed by atoms with E-state index in [2.05, 4.69) is 6.58 Å². The largest absolute Gasteiger partial charge is 0.478 e. The summed E-state index contributed by atoms with van der Waals surface area (Å²) in [6.45, 7) is 4.10. The van der Waals surface area contributed by atoms with E-state index >= 15 is 0 Å². The minimum absolute atomic E-state index is 0.0283. The molecule has 1 heterocycles. The zero-order valence-corrected chi connectivity index (χ0v) is 10.7. The molecular weight excluding hydrogens is 250 g/mol. The molecule has 1 saturated heterocycles. The van der Waals surface area contributed by atoms with Gasteiger partial charge in [0.15, 0.2) is 9.84 Å². The van der Waals surface area contributed by atoms with E-state index in [0.717, 1.165) is 5.75 Å². The average molecular weight is 265 g/mol. The summed E-state index contributed by atoms with van der Waals surface area (Å²) >= 11 is 1.57. The maximum absolute atomic E-state index is 11.5. The van der Waals surface area contributed by atoms with Gasteiger partial charge in [-0.25, -0.2) is 13.2 Å². The van der Waals surface area contributed by atoms with Gasteiger partial charge in [0.05, 0.1) is 0 Å². The normalized spacial score (nSPS) is 22.9. The van der Waals surface area contributed by atoms with E-state index in [1.54, 1.807) is 16.7 Å². The second-order valence-corrected chi connectivity index (χ2v) is 7.09. The maximum atomic E-state index is 11.5. The SMILES string of the molecule is C=C(CN1CCSCC1S(C)(=O)=O)C(=O)O. The zero-order valence-electron chi connectivity index (χ0n) is 9.05. The molecule has 0 aliphatic carbocycles.